The van der Waals surface area contributed by atoms with Crippen molar-refractivity contribution >= 4 is 0 Å². The summed E-state index contributed by atoms with van der Waals surface area (Å²) in [6.45, 7) is 4.03. The Morgan fingerprint density at radius 1 is 1.22 bits per heavy atom. The summed E-state index contributed by atoms with van der Waals surface area (Å²) in [5.74, 6) is -1.84. The van der Waals surface area contributed by atoms with E-state index in [-0.39, 0.29) is 25.1 Å². The van der Waals surface area contributed by atoms with Crippen molar-refractivity contribution in [2.75, 3.05) is 13.2 Å². The van der Waals surface area contributed by atoms with Crippen LogP contribution in [0.3, 0.4) is 0 Å². The zero-order valence-electron chi connectivity index (χ0n) is 10.5. The van der Waals surface area contributed by atoms with E-state index in [4.69, 9.17) is 5.11 Å². The van der Waals surface area contributed by atoms with Crippen molar-refractivity contribution in [2.24, 2.45) is 5.92 Å². The lowest BCUT2D eigenvalue weighted by Crippen LogP contribution is -2.36. The molecular weight excluding hydrogens is 240 g/mol. The van der Waals surface area contributed by atoms with Crippen LogP contribution in [0, 0.1) is 17.6 Å². The van der Waals surface area contributed by atoms with Crippen LogP contribution in [0.25, 0.3) is 0 Å². The molecule has 0 radical (unpaired) electrons. The molecule has 0 aliphatic rings. The van der Waals surface area contributed by atoms with E-state index in [1.165, 1.54) is 6.07 Å². The van der Waals surface area contributed by atoms with Crippen molar-refractivity contribution in [3.8, 4) is 0 Å². The van der Waals surface area contributed by atoms with E-state index < -0.39 is 17.7 Å². The molecule has 0 heterocycles. The summed E-state index contributed by atoms with van der Waals surface area (Å²) in [7, 11) is 0. The summed E-state index contributed by atoms with van der Waals surface area (Å²) in [5, 5.41) is 21.8. The molecule has 3 nitrogen and oxygen atoms in total. The first-order valence-corrected chi connectivity index (χ1v) is 5.93. The van der Waals surface area contributed by atoms with Crippen molar-refractivity contribution in [3.05, 3.63) is 35.4 Å². The monoisotopic (exact) mass is 259 g/mol. The van der Waals surface area contributed by atoms with Gasteiger partial charge in [0.15, 0.2) is 11.6 Å². The van der Waals surface area contributed by atoms with Crippen LogP contribution in [0.4, 0.5) is 8.78 Å². The smallest absolute Gasteiger partial charge is 0.159 e. The van der Waals surface area contributed by atoms with Gasteiger partial charge in [-0.25, -0.2) is 8.78 Å². The van der Waals surface area contributed by atoms with Crippen LogP contribution in [0.15, 0.2) is 18.2 Å². The highest BCUT2D eigenvalue weighted by Gasteiger charge is 2.14. The molecule has 1 aromatic rings. The van der Waals surface area contributed by atoms with Crippen LogP contribution < -0.4 is 5.32 Å². The Morgan fingerprint density at radius 2 is 1.89 bits per heavy atom. The average molecular weight is 259 g/mol. The number of aliphatic hydroxyl groups excluding tert-OH is 2. The fraction of sp³-hybridized carbons (Fsp3) is 0.538. The van der Waals surface area contributed by atoms with Gasteiger partial charge in [0.05, 0.1) is 6.10 Å². The molecule has 0 spiro atoms. The molecule has 18 heavy (non-hydrogen) atoms. The van der Waals surface area contributed by atoms with E-state index in [2.05, 4.69) is 5.32 Å². The van der Waals surface area contributed by atoms with Gasteiger partial charge in [-0.1, -0.05) is 13.0 Å². The van der Waals surface area contributed by atoms with Crippen LogP contribution in [0.2, 0.25) is 0 Å². The zero-order chi connectivity index (χ0) is 13.7. The van der Waals surface area contributed by atoms with Gasteiger partial charge >= 0.3 is 0 Å². The quantitative estimate of drug-likeness (QED) is 0.727. The molecule has 1 aromatic carbocycles. The molecule has 0 bridgehead atoms. The van der Waals surface area contributed by atoms with Gasteiger partial charge in [0.1, 0.15) is 0 Å². The minimum Gasteiger partial charge on any atom is -0.396 e. The first-order valence-electron chi connectivity index (χ1n) is 5.93. The summed E-state index contributed by atoms with van der Waals surface area (Å²) in [6.07, 6.45) is -0.909. The minimum atomic E-state index is -0.969. The SMILES string of the molecule is CC(CO)C(C)NCC(O)c1ccc(F)c(F)c1. The maximum absolute atomic E-state index is 13.0. The van der Waals surface area contributed by atoms with Crippen molar-refractivity contribution in [2.45, 2.75) is 26.0 Å². The molecular formula is C13H19F2NO2. The Morgan fingerprint density at radius 3 is 2.44 bits per heavy atom. The first-order chi connectivity index (χ1) is 8.45. The second kappa shape index (κ2) is 6.78. The van der Waals surface area contributed by atoms with Crippen molar-refractivity contribution in [1.29, 1.82) is 0 Å². The van der Waals surface area contributed by atoms with Gasteiger partial charge < -0.3 is 15.5 Å². The summed E-state index contributed by atoms with van der Waals surface area (Å²) in [6, 6.07) is 3.36. The first kappa shape index (κ1) is 15.0. The number of aliphatic hydroxyl groups is 2. The Kier molecular flexibility index (Phi) is 5.65. The lowest BCUT2D eigenvalue weighted by Gasteiger charge is -2.21. The van der Waals surface area contributed by atoms with Gasteiger partial charge in [-0.05, 0) is 30.5 Å². The standard InChI is InChI=1S/C13H19F2NO2/c1-8(7-17)9(2)16-6-13(18)10-3-4-11(14)12(15)5-10/h3-5,8-9,13,16-18H,6-7H2,1-2H3. The van der Waals surface area contributed by atoms with Crippen molar-refractivity contribution in [1.82, 2.24) is 5.32 Å². The third-order valence-electron chi connectivity index (χ3n) is 3.10. The molecule has 0 aliphatic carbocycles. The normalized spacial score (nSPS) is 16.3. The topological polar surface area (TPSA) is 52.5 Å². The molecule has 5 heteroatoms. The maximum Gasteiger partial charge on any atom is 0.159 e. The largest absolute Gasteiger partial charge is 0.396 e. The molecule has 0 fully saturated rings. The number of nitrogens with one attached hydrogen (secondary N) is 1. The third kappa shape index (κ3) is 4.01. The molecule has 0 amide bonds. The summed E-state index contributed by atoms with van der Waals surface area (Å²) >= 11 is 0. The molecule has 102 valence electrons. The second-order valence-electron chi connectivity index (χ2n) is 4.55. The van der Waals surface area contributed by atoms with Gasteiger partial charge in [0.2, 0.25) is 0 Å². The van der Waals surface area contributed by atoms with Gasteiger partial charge in [-0.15, -0.1) is 0 Å². The van der Waals surface area contributed by atoms with E-state index in [0.717, 1.165) is 12.1 Å². The summed E-state index contributed by atoms with van der Waals surface area (Å²) in [5.41, 5.74) is 0.324. The molecule has 3 N–H and O–H groups in total. The van der Waals surface area contributed by atoms with Gasteiger partial charge in [0.25, 0.3) is 0 Å². The van der Waals surface area contributed by atoms with Crippen LogP contribution in [-0.2, 0) is 0 Å². The molecule has 0 saturated carbocycles. The predicted octanol–water partition coefficient (Wildman–Crippen LogP) is 1.60. The highest BCUT2D eigenvalue weighted by atomic mass is 19.2. The van der Waals surface area contributed by atoms with E-state index in [9.17, 15) is 13.9 Å². The fourth-order valence-electron chi connectivity index (χ4n) is 1.49. The third-order valence-corrected chi connectivity index (χ3v) is 3.10. The number of hydrogen-bond acceptors (Lipinski definition) is 3. The number of hydrogen-bond donors (Lipinski definition) is 3. The lowest BCUT2D eigenvalue weighted by atomic mass is 10.0. The van der Waals surface area contributed by atoms with E-state index in [1.54, 1.807) is 0 Å². The van der Waals surface area contributed by atoms with E-state index in [0.29, 0.717) is 5.56 Å². The summed E-state index contributed by atoms with van der Waals surface area (Å²) < 4.78 is 25.7. The Balaban J connectivity index is 2.54. The van der Waals surface area contributed by atoms with Crippen molar-refractivity contribution in [3.63, 3.8) is 0 Å². The number of rotatable bonds is 6. The number of halogens is 2. The summed E-state index contributed by atoms with van der Waals surface area (Å²) in [4.78, 5) is 0. The molecule has 3 unspecified atom stereocenters. The Hall–Kier alpha value is -1.04. The molecule has 3 atom stereocenters. The highest BCUT2D eigenvalue weighted by molar-refractivity contribution is 5.20. The van der Waals surface area contributed by atoms with Gasteiger partial charge in [0, 0.05) is 19.2 Å². The van der Waals surface area contributed by atoms with Crippen LogP contribution in [0.1, 0.15) is 25.5 Å². The highest BCUT2D eigenvalue weighted by Crippen LogP contribution is 2.16. The average Bonchev–Trinajstić information content (AvgIpc) is 2.37. The van der Waals surface area contributed by atoms with Crippen molar-refractivity contribution < 1.29 is 19.0 Å². The van der Waals surface area contributed by atoms with Crippen LogP contribution in [0.5, 0.6) is 0 Å². The predicted molar refractivity (Wildman–Crippen MR) is 65.0 cm³/mol. The molecule has 0 aromatic heterocycles. The minimum absolute atomic E-state index is 0.0231. The van der Waals surface area contributed by atoms with E-state index >= 15 is 0 Å². The lowest BCUT2D eigenvalue weighted by molar-refractivity contribution is 0.154. The molecule has 0 saturated heterocycles. The van der Waals surface area contributed by atoms with Crippen LogP contribution >= 0.6 is 0 Å². The Labute approximate surface area is 105 Å². The number of benzene rings is 1. The zero-order valence-corrected chi connectivity index (χ0v) is 10.5. The van der Waals surface area contributed by atoms with Crippen LogP contribution in [-0.4, -0.2) is 29.4 Å². The second-order valence-corrected chi connectivity index (χ2v) is 4.55. The molecule has 0 aliphatic heterocycles. The maximum atomic E-state index is 13.0. The van der Waals surface area contributed by atoms with Gasteiger partial charge in [-0.3, -0.25) is 0 Å². The van der Waals surface area contributed by atoms with E-state index in [1.807, 2.05) is 13.8 Å². The Bertz CT molecular complexity index is 387. The fourth-order valence-corrected chi connectivity index (χ4v) is 1.49. The molecule has 1 rings (SSSR count). The van der Waals surface area contributed by atoms with Gasteiger partial charge in [-0.2, -0.15) is 0 Å².